The second-order valence-electron chi connectivity index (χ2n) is 8.88. The highest BCUT2D eigenvalue weighted by Crippen LogP contribution is 2.61. The number of aliphatic hydroxyl groups excluding tert-OH is 1. The van der Waals surface area contributed by atoms with E-state index in [1.54, 1.807) is 6.08 Å². The van der Waals surface area contributed by atoms with Gasteiger partial charge in [0.1, 0.15) is 0 Å². The van der Waals surface area contributed by atoms with E-state index in [9.17, 15) is 10.2 Å². The van der Waals surface area contributed by atoms with E-state index in [4.69, 9.17) is 0 Å². The lowest BCUT2D eigenvalue weighted by atomic mass is 9.46. The first-order valence-corrected chi connectivity index (χ1v) is 8.76. The minimum absolute atomic E-state index is 0.190. The number of rotatable bonds is 4. The van der Waals surface area contributed by atoms with Crippen molar-refractivity contribution in [2.75, 3.05) is 0 Å². The zero-order valence-electron chi connectivity index (χ0n) is 14.9. The van der Waals surface area contributed by atoms with Crippen molar-refractivity contribution in [1.29, 1.82) is 0 Å². The molecule has 2 aliphatic carbocycles. The van der Waals surface area contributed by atoms with E-state index in [-0.39, 0.29) is 16.7 Å². The highest BCUT2D eigenvalue weighted by atomic mass is 16.3. The van der Waals surface area contributed by atoms with Crippen LogP contribution in [0.25, 0.3) is 0 Å². The third kappa shape index (κ3) is 3.05. The Labute approximate surface area is 136 Å². The molecule has 0 radical (unpaired) electrons. The van der Waals surface area contributed by atoms with Crippen LogP contribution in [0.3, 0.4) is 0 Å². The molecule has 0 aromatic rings. The van der Waals surface area contributed by atoms with Gasteiger partial charge in [0.15, 0.2) is 0 Å². The first-order valence-electron chi connectivity index (χ1n) is 8.76. The van der Waals surface area contributed by atoms with Crippen molar-refractivity contribution in [2.45, 2.75) is 77.9 Å². The van der Waals surface area contributed by atoms with Gasteiger partial charge in [0, 0.05) is 0 Å². The summed E-state index contributed by atoms with van der Waals surface area (Å²) < 4.78 is 0. The SMILES string of the molecule is C=C[C@@](C)(O)CC[C@H]1C(=C)[C@@H](O)C[C@@H]2C(C)(C)CCC[C@@]21C. The second-order valence-corrected chi connectivity index (χ2v) is 8.88. The fourth-order valence-electron chi connectivity index (χ4n) is 5.26. The Morgan fingerprint density at radius 3 is 2.55 bits per heavy atom. The summed E-state index contributed by atoms with van der Waals surface area (Å²) >= 11 is 0. The van der Waals surface area contributed by atoms with Crippen LogP contribution in [0.15, 0.2) is 24.8 Å². The molecule has 22 heavy (non-hydrogen) atoms. The largest absolute Gasteiger partial charge is 0.389 e. The molecule has 0 bridgehead atoms. The molecule has 0 aliphatic heterocycles. The minimum Gasteiger partial charge on any atom is -0.389 e. The van der Waals surface area contributed by atoms with Crippen molar-refractivity contribution in [1.82, 2.24) is 0 Å². The molecule has 2 rings (SSSR count). The molecule has 2 fully saturated rings. The van der Waals surface area contributed by atoms with Gasteiger partial charge in [0.2, 0.25) is 0 Å². The summed E-state index contributed by atoms with van der Waals surface area (Å²) in [5, 5.41) is 20.8. The maximum Gasteiger partial charge on any atom is 0.0797 e. The average Bonchev–Trinajstić information content (AvgIpc) is 2.41. The number of hydrogen-bond acceptors (Lipinski definition) is 2. The van der Waals surface area contributed by atoms with Crippen molar-refractivity contribution < 1.29 is 10.2 Å². The zero-order chi connectivity index (χ0) is 16.8. The summed E-state index contributed by atoms with van der Waals surface area (Å²) in [6.07, 6.45) is 7.31. The van der Waals surface area contributed by atoms with Gasteiger partial charge in [-0.2, -0.15) is 0 Å². The Balaban J connectivity index is 2.28. The molecule has 126 valence electrons. The van der Waals surface area contributed by atoms with E-state index in [2.05, 4.69) is 33.9 Å². The van der Waals surface area contributed by atoms with Crippen LogP contribution < -0.4 is 0 Å². The van der Waals surface area contributed by atoms with Crippen LogP contribution >= 0.6 is 0 Å². The minimum atomic E-state index is -0.835. The first kappa shape index (κ1) is 17.7. The molecular formula is C20H34O2. The highest BCUT2D eigenvalue weighted by molar-refractivity contribution is 5.20. The first-order chi connectivity index (χ1) is 10.0. The highest BCUT2D eigenvalue weighted by Gasteiger charge is 2.54. The lowest BCUT2D eigenvalue weighted by Crippen LogP contribution is -2.53. The average molecular weight is 306 g/mol. The predicted octanol–water partition coefficient (Wildman–Crippen LogP) is 4.47. The third-order valence-corrected chi connectivity index (χ3v) is 6.79. The van der Waals surface area contributed by atoms with E-state index in [0.717, 1.165) is 18.4 Å². The molecule has 0 spiro atoms. The summed E-state index contributed by atoms with van der Waals surface area (Å²) in [6, 6.07) is 0. The standard InChI is InChI=1S/C20H34O2/c1-7-19(5,22)12-9-15-14(2)16(21)13-17-18(3,4)10-8-11-20(15,17)6/h7,15-17,21-22H,1-2,8-13H2,3-6H3/t15-,16-,17+,19+,20+/m0/s1. The van der Waals surface area contributed by atoms with Gasteiger partial charge in [0.25, 0.3) is 0 Å². The van der Waals surface area contributed by atoms with Crippen LogP contribution in [0.1, 0.15) is 66.2 Å². The number of fused-ring (bicyclic) bond motifs is 1. The quantitative estimate of drug-likeness (QED) is 0.752. The Hall–Kier alpha value is -0.600. The van der Waals surface area contributed by atoms with Gasteiger partial charge < -0.3 is 10.2 Å². The summed E-state index contributed by atoms with van der Waals surface area (Å²) in [5.41, 5.74) is 0.610. The molecule has 2 saturated carbocycles. The van der Waals surface area contributed by atoms with Gasteiger partial charge in [-0.05, 0) is 67.3 Å². The number of aliphatic hydroxyl groups is 2. The van der Waals surface area contributed by atoms with Crippen LogP contribution in [-0.2, 0) is 0 Å². The van der Waals surface area contributed by atoms with E-state index in [1.807, 2.05) is 6.92 Å². The topological polar surface area (TPSA) is 40.5 Å². The van der Waals surface area contributed by atoms with E-state index in [0.29, 0.717) is 12.3 Å². The van der Waals surface area contributed by atoms with Crippen molar-refractivity contribution in [3.63, 3.8) is 0 Å². The molecule has 2 N–H and O–H groups in total. The second kappa shape index (κ2) is 5.79. The van der Waals surface area contributed by atoms with Crippen LogP contribution in [0.5, 0.6) is 0 Å². The van der Waals surface area contributed by atoms with Crippen molar-refractivity contribution in [3.05, 3.63) is 24.8 Å². The lowest BCUT2D eigenvalue weighted by Gasteiger charge is -2.59. The van der Waals surface area contributed by atoms with E-state index >= 15 is 0 Å². The van der Waals surface area contributed by atoms with Crippen LogP contribution in [-0.4, -0.2) is 21.9 Å². The predicted molar refractivity (Wildman–Crippen MR) is 92.5 cm³/mol. The van der Waals surface area contributed by atoms with Gasteiger partial charge in [-0.3, -0.25) is 0 Å². The van der Waals surface area contributed by atoms with Gasteiger partial charge in [0.05, 0.1) is 11.7 Å². The summed E-state index contributed by atoms with van der Waals surface area (Å²) in [6.45, 7) is 16.9. The monoisotopic (exact) mass is 306 g/mol. The Bertz CT molecular complexity index is 449. The zero-order valence-corrected chi connectivity index (χ0v) is 14.9. The Morgan fingerprint density at radius 2 is 1.95 bits per heavy atom. The van der Waals surface area contributed by atoms with Crippen molar-refractivity contribution in [3.8, 4) is 0 Å². The molecule has 0 aromatic heterocycles. The Morgan fingerprint density at radius 1 is 1.32 bits per heavy atom. The summed E-state index contributed by atoms with van der Waals surface area (Å²) in [7, 11) is 0. The summed E-state index contributed by atoms with van der Waals surface area (Å²) in [4.78, 5) is 0. The lowest BCUT2D eigenvalue weighted by molar-refractivity contribution is -0.0868. The molecule has 0 unspecified atom stereocenters. The molecule has 0 aromatic carbocycles. The van der Waals surface area contributed by atoms with Gasteiger partial charge >= 0.3 is 0 Å². The summed E-state index contributed by atoms with van der Waals surface area (Å²) in [5.74, 6) is 0.806. The fourth-order valence-corrected chi connectivity index (χ4v) is 5.26. The maximum absolute atomic E-state index is 10.5. The molecule has 5 atom stereocenters. The van der Waals surface area contributed by atoms with Gasteiger partial charge in [-0.15, -0.1) is 6.58 Å². The molecular weight excluding hydrogens is 272 g/mol. The number of hydrogen-bond donors (Lipinski definition) is 2. The van der Waals surface area contributed by atoms with Crippen molar-refractivity contribution in [2.24, 2.45) is 22.7 Å². The van der Waals surface area contributed by atoms with Gasteiger partial charge in [-0.1, -0.05) is 39.8 Å². The third-order valence-electron chi connectivity index (χ3n) is 6.79. The fraction of sp³-hybridized carbons (Fsp3) is 0.800. The molecule has 0 heterocycles. The van der Waals surface area contributed by atoms with E-state index < -0.39 is 11.7 Å². The molecule has 0 saturated heterocycles. The van der Waals surface area contributed by atoms with Crippen molar-refractivity contribution >= 4 is 0 Å². The molecule has 2 heteroatoms. The van der Waals surface area contributed by atoms with E-state index in [1.165, 1.54) is 19.3 Å². The van der Waals surface area contributed by atoms with Crippen LogP contribution in [0, 0.1) is 22.7 Å². The normalized spacial score (nSPS) is 40.6. The maximum atomic E-state index is 10.5. The smallest absolute Gasteiger partial charge is 0.0797 e. The Kier molecular flexibility index (Phi) is 4.68. The van der Waals surface area contributed by atoms with Crippen LogP contribution in [0.4, 0.5) is 0 Å². The molecule has 0 amide bonds. The van der Waals surface area contributed by atoms with Gasteiger partial charge in [-0.25, -0.2) is 0 Å². The molecule has 2 aliphatic rings. The molecule has 2 nitrogen and oxygen atoms in total. The van der Waals surface area contributed by atoms with Crippen LogP contribution in [0.2, 0.25) is 0 Å².